The van der Waals surface area contributed by atoms with Crippen molar-refractivity contribution in [2.75, 3.05) is 19.8 Å². The molecule has 3 aromatic rings. The van der Waals surface area contributed by atoms with Crippen LogP contribution >= 0.6 is 27.5 Å². The maximum Gasteiger partial charge on any atom is 0.244 e. The fourth-order valence-electron chi connectivity index (χ4n) is 3.43. The predicted octanol–water partition coefficient (Wildman–Crippen LogP) is 5.54. The lowest BCUT2D eigenvalue weighted by Crippen LogP contribution is -2.20. The standard InChI is InChI=1S/C26H24BrClN2O5/c1-2-32-24-13-18(11-20(27)26(24)35-16-19-5-3-4-6-21(19)28)15-29-30-25(31)14-17-7-8-22-23(12-17)34-10-9-33-22/h3-8,11-13,15H,2,9-10,14,16H2,1H3,(H,30,31)/b29-15+. The molecule has 4 rings (SSSR count). The number of rotatable bonds is 9. The molecule has 0 radical (unpaired) electrons. The number of hydrogen-bond donors (Lipinski definition) is 1. The summed E-state index contributed by atoms with van der Waals surface area (Å²) in [6.07, 6.45) is 1.71. The SMILES string of the molecule is CCOc1cc(/C=N/NC(=O)Cc2ccc3c(c2)OCCO3)cc(Br)c1OCc1ccccc1Cl. The van der Waals surface area contributed by atoms with Crippen molar-refractivity contribution in [1.29, 1.82) is 0 Å². The van der Waals surface area contributed by atoms with Gasteiger partial charge in [0.05, 0.1) is 23.7 Å². The van der Waals surface area contributed by atoms with Crippen molar-refractivity contribution in [3.05, 3.63) is 80.8 Å². The molecule has 0 bridgehead atoms. The largest absolute Gasteiger partial charge is 0.490 e. The van der Waals surface area contributed by atoms with E-state index < -0.39 is 0 Å². The Hall–Kier alpha value is -3.23. The van der Waals surface area contributed by atoms with Gasteiger partial charge in [0.25, 0.3) is 0 Å². The monoisotopic (exact) mass is 558 g/mol. The molecule has 35 heavy (non-hydrogen) atoms. The summed E-state index contributed by atoms with van der Waals surface area (Å²) in [4.78, 5) is 12.3. The van der Waals surface area contributed by atoms with Gasteiger partial charge in [-0.05, 0) is 64.3 Å². The number of benzene rings is 3. The van der Waals surface area contributed by atoms with Gasteiger partial charge in [-0.3, -0.25) is 4.79 Å². The Labute approximate surface area is 217 Å². The Morgan fingerprint density at radius 3 is 2.71 bits per heavy atom. The van der Waals surface area contributed by atoms with Gasteiger partial charge in [0.15, 0.2) is 23.0 Å². The number of hydrazone groups is 1. The highest BCUT2D eigenvalue weighted by Gasteiger charge is 2.14. The van der Waals surface area contributed by atoms with Crippen LogP contribution in [0.5, 0.6) is 23.0 Å². The molecule has 1 N–H and O–H groups in total. The summed E-state index contributed by atoms with van der Waals surface area (Å²) in [6, 6.07) is 16.6. The van der Waals surface area contributed by atoms with Crippen molar-refractivity contribution in [2.24, 2.45) is 5.10 Å². The third-order valence-electron chi connectivity index (χ3n) is 5.04. The third kappa shape index (κ3) is 6.68. The molecule has 3 aromatic carbocycles. The summed E-state index contributed by atoms with van der Waals surface area (Å²) < 4.78 is 23.5. The lowest BCUT2D eigenvalue weighted by atomic mass is 10.1. The number of halogens is 2. The van der Waals surface area contributed by atoms with Crippen LogP contribution in [0.2, 0.25) is 5.02 Å². The lowest BCUT2D eigenvalue weighted by Gasteiger charge is -2.18. The topological polar surface area (TPSA) is 78.4 Å². The van der Waals surface area contributed by atoms with Crippen molar-refractivity contribution in [3.8, 4) is 23.0 Å². The van der Waals surface area contributed by atoms with Gasteiger partial charge in [-0.2, -0.15) is 5.10 Å². The number of fused-ring (bicyclic) bond motifs is 1. The van der Waals surface area contributed by atoms with Gasteiger partial charge in [-0.25, -0.2) is 5.43 Å². The molecule has 0 atom stereocenters. The van der Waals surface area contributed by atoms with Gasteiger partial charge < -0.3 is 18.9 Å². The van der Waals surface area contributed by atoms with E-state index >= 15 is 0 Å². The maximum absolute atomic E-state index is 12.3. The molecule has 9 heteroatoms. The number of amides is 1. The van der Waals surface area contributed by atoms with Gasteiger partial charge in [0.1, 0.15) is 19.8 Å². The Morgan fingerprint density at radius 2 is 1.91 bits per heavy atom. The molecular weight excluding hydrogens is 536 g/mol. The highest BCUT2D eigenvalue weighted by molar-refractivity contribution is 9.10. The van der Waals surface area contributed by atoms with E-state index in [1.54, 1.807) is 12.3 Å². The number of carbonyl (C=O) groups excluding carboxylic acids is 1. The summed E-state index contributed by atoms with van der Waals surface area (Å²) in [6.45, 7) is 3.67. The zero-order valence-electron chi connectivity index (χ0n) is 19.1. The number of carbonyl (C=O) groups is 1. The van der Waals surface area contributed by atoms with Crippen LogP contribution in [0.15, 0.2) is 64.2 Å². The minimum atomic E-state index is -0.248. The van der Waals surface area contributed by atoms with Gasteiger partial charge in [-0.15, -0.1) is 0 Å². The fraction of sp³-hybridized carbons (Fsp3) is 0.231. The van der Waals surface area contributed by atoms with Crippen LogP contribution in [0.25, 0.3) is 0 Å². The van der Waals surface area contributed by atoms with E-state index in [-0.39, 0.29) is 12.3 Å². The van der Waals surface area contributed by atoms with E-state index in [2.05, 4.69) is 26.5 Å². The molecule has 0 saturated carbocycles. The van der Waals surface area contributed by atoms with Crippen LogP contribution in [-0.4, -0.2) is 31.9 Å². The van der Waals surface area contributed by atoms with E-state index in [9.17, 15) is 4.79 Å². The molecule has 0 saturated heterocycles. The summed E-state index contributed by atoms with van der Waals surface area (Å²) in [5.41, 5.74) is 4.96. The predicted molar refractivity (Wildman–Crippen MR) is 138 cm³/mol. The summed E-state index contributed by atoms with van der Waals surface area (Å²) in [7, 11) is 0. The fourth-order valence-corrected chi connectivity index (χ4v) is 4.20. The first-order chi connectivity index (χ1) is 17.0. The van der Waals surface area contributed by atoms with Crippen LogP contribution in [0.3, 0.4) is 0 Å². The van der Waals surface area contributed by atoms with Crippen LogP contribution < -0.4 is 24.4 Å². The molecule has 182 valence electrons. The Kier molecular flexibility index (Phi) is 8.50. The van der Waals surface area contributed by atoms with E-state index in [4.69, 9.17) is 30.5 Å². The molecule has 0 spiro atoms. The maximum atomic E-state index is 12.3. The highest BCUT2D eigenvalue weighted by atomic mass is 79.9. The van der Waals surface area contributed by atoms with Crippen LogP contribution in [0, 0.1) is 0 Å². The van der Waals surface area contributed by atoms with E-state index in [0.717, 1.165) is 16.7 Å². The molecule has 0 aliphatic carbocycles. The first-order valence-corrected chi connectivity index (χ1v) is 12.2. The molecular formula is C26H24BrClN2O5. The molecule has 1 amide bonds. The van der Waals surface area contributed by atoms with E-state index in [1.165, 1.54) is 0 Å². The van der Waals surface area contributed by atoms with Gasteiger partial charge in [0.2, 0.25) is 5.91 Å². The molecule has 0 aromatic heterocycles. The summed E-state index contributed by atoms with van der Waals surface area (Å²) in [5, 5.41) is 4.72. The Morgan fingerprint density at radius 1 is 1.11 bits per heavy atom. The molecule has 0 unspecified atom stereocenters. The minimum absolute atomic E-state index is 0.163. The first-order valence-electron chi connectivity index (χ1n) is 11.1. The van der Waals surface area contributed by atoms with Crippen LogP contribution in [-0.2, 0) is 17.8 Å². The molecule has 1 aliphatic heterocycles. The summed E-state index contributed by atoms with van der Waals surface area (Å²) >= 11 is 9.78. The van der Waals surface area contributed by atoms with Crippen molar-refractivity contribution < 1.29 is 23.7 Å². The van der Waals surface area contributed by atoms with Crippen LogP contribution in [0.4, 0.5) is 0 Å². The van der Waals surface area contributed by atoms with Crippen molar-refractivity contribution >= 4 is 39.7 Å². The van der Waals surface area contributed by atoms with Crippen molar-refractivity contribution in [3.63, 3.8) is 0 Å². The van der Waals surface area contributed by atoms with Gasteiger partial charge in [-0.1, -0.05) is 35.9 Å². The zero-order valence-corrected chi connectivity index (χ0v) is 21.4. The lowest BCUT2D eigenvalue weighted by molar-refractivity contribution is -0.120. The summed E-state index contributed by atoms with van der Waals surface area (Å²) in [5.74, 6) is 2.20. The van der Waals surface area contributed by atoms with Crippen molar-refractivity contribution in [2.45, 2.75) is 20.0 Å². The molecule has 0 fully saturated rings. The smallest absolute Gasteiger partial charge is 0.244 e. The van der Waals surface area contributed by atoms with E-state index in [1.807, 2.05) is 55.5 Å². The molecule has 1 heterocycles. The Balaban J connectivity index is 1.39. The second-order valence-corrected chi connectivity index (χ2v) is 8.85. The third-order valence-corrected chi connectivity index (χ3v) is 5.99. The first kappa shape index (κ1) is 24.9. The Bertz CT molecular complexity index is 1230. The minimum Gasteiger partial charge on any atom is -0.490 e. The molecule has 7 nitrogen and oxygen atoms in total. The number of hydrogen-bond acceptors (Lipinski definition) is 6. The quantitative estimate of drug-likeness (QED) is 0.275. The van der Waals surface area contributed by atoms with Crippen molar-refractivity contribution in [1.82, 2.24) is 5.43 Å². The van der Waals surface area contributed by atoms with Gasteiger partial charge in [0, 0.05) is 10.6 Å². The number of nitrogens with one attached hydrogen (secondary N) is 1. The average molecular weight is 560 g/mol. The average Bonchev–Trinajstić information content (AvgIpc) is 2.84. The number of ether oxygens (including phenoxy) is 4. The highest BCUT2D eigenvalue weighted by Crippen LogP contribution is 2.37. The second kappa shape index (κ2) is 12.0. The molecule has 1 aliphatic rings. The van der Waals surface area contributed by atoms with Crippen LogP contribution in [0.1, 0.15) is 23.6 Å². The van der Waals surface area contributed by atoms with Gasteiger partial charge >= 0.3 is 0 Å². The zero-order chi connectivity index (χ0) is 24.6. The normalized spacial score (nSPS) is 12.4. The van der Waals surface area contributed by atoms with E-state index in [0.29, 0.717) is 58.9 Å². The second-order valence-electron chi connectivity index (χ2n) is 7.59. The number of nitrogens with zero attached hydrogens (tertiary/aromatic N) is 1.